The molecule has 0 saturated carbocycles. The van der Waals surface area contributed by atoms with E-state index < -0.39 is 32.5 Å². The molecule has 0 fully saturated rings. The molecule has 0 aromatic heterocycles. The van der Waals surface area contributed by atoms with Crippen molar-refractivity contribution in [1.82, 2.24) is 0 Å². The monoisotopic (exact) mass is 320 g/mol. The molecule has 0 saturated heterocycles. The fourth-order valence-corrected chi connectivity index (χ4v) is 2.67. The van der Waals surface area contributed by atoms with E-state index in [4.69, 9.17) is 0 Å². The highest BCUT2D eigenvalue weighted by Gasteiger charge is 2.36. The molecule has 0 radical (unpaired) electrons. The standard InChI is InChI=1S/C8H5BrF4O2S/c9-6-3-5(1-2-7(6)10)16(14,15)4-8(11,12)13/h1-3H,4H2. The summed E-state index contributed by atoms with van der Waals surface area (Å²) in [6.45, 7) is 0. The molecule has 90 valence electrons. The Morgan fingerprint density at radius 2 is 1.81 bits per heavy atom. The molecule has 1 aromatic carbocycles. The number of hydrogen-bond acceptors (Lipinski definition) is 2. The first-order chi connectivity index (χ1) is 7.12. The highest BCUT2D eigenvalue weighted by molar-refractivity contribution is 9.10. The molecule has 0 spiro atoms. The number of sulfone groups is 1. The molecule has 2 nitrogen and oxygen atoms in total. The molecular formula is C8H5BrF4O2S. The molecule has 0 aliphatic heterocycles. The normalized spacial score (nSPS) is 12.8. The van der Waals surface area contributed by atoms with Crippen LogP contribution >= 0.6 is 15.9 Å². The molecule has 0 aliphatic carbocycles. The van der Waals surface area contributed by atoms with Gasteiger partial charge in [-0.15, -0.1) is 0 Å². The van der Waals surface area contributed by atoms with Crippen LogP contribution in [0.3, 0.4) is 0 Å². The van der Waals surface area contributed by atoms with Crippen molar-refractivity contribution in [2.45, 2.75) is 11.1 Å². The van der Waals surface area contributed by atoms with Crippen molar-refractivity contribution in [2.24, 2.45) is 0 Å². The minimum atomic E-state index is -4.82. The Morgan fingerprint density at radius 1 is 1.25 bits per heavy atom. The number of hydrogen-bond donors (Lipinski definition) is 0. The largest absolute Gasteiger partial charge is 0.403 e. The van der Waals surface area contributed by atoms with Gasteiger partial charge in [0.15, 0.2) is 15.6 Å². The molecule has 0 atom stereocenters. The smallest absolute Gasteiger partial charge is 0.223 e. The summed E-state index contributed by atoms with van der Waals surface area (Å²) in [5.41, 5.74) is 0. The van der Waals surface area contributed by atoms with Crippen molar-refractivity contribution in [2.75, 3.05) is 5.75 Å². The Balaban J connectivity index is 3.13. The van der Waals surface area contributed by atoms with Crippen molar-refractivity contribution in [3.63, 3.8) is 0 Å². The lowest BCUT2D eigenvalue weighted by Crippen LogP contribution is -2.22. The Hall–Kier alpha value is -0.630. The molecule has 8 heteroatoms. The third kappa shape index (κ3) is 3.44. The van der Waals surface area contributed by atoms with Gasteiger partial charge in [0.1, 0.15) is 5.82 Å². The summed E-state index contributed by atoms with van der Waals surface area (Å²) < 4.78 is 70.9. The van der Waals surface area contributed by atoms with E-state index in [2.05, 4.69) is 15.9 Å². The first-order valence-electron chi connectivity index (χ1n) is 3.86. The lowest BCUT2D eigenvalue weighted by Gasteiger charge is -2.08. The third-order valence-electron chi connectivity index (χ3n) is 1.60. The van der Waals surface area contributed by atoms with Crippen LogP contribution in [0.1, 0.15) is 0 Å². The van der Waals surface area contributed by atoms with E-state index >= 15 is 0 Å². The van der Waals surface area contributed by atoms with E-state index in [1.54, 1.807) is 0 Å². The molecule has 1 aromatic rings. The van der Waals surface area contributed by atoms with Gasteiger partial charge in [-0.2, -0.15) is 13.2 Å². The van der Waals surface area contributed by atoms with Gasteiger partial charge in [0.05, 0.1) is 9.37 Å². The van der Waals surface area contributed by atoms with Crippen molar-refractivity contribution in [1.29, 1.82) is 0 Å². The zero-order valence-corrected chi connectivity index (χ0v) is 9.96. The highest BCUT2D eigenvalue weighted by atomic mass is 79.9. The first kappa shape index (κ1) is 13.4. The Bertz CT molecular complexity index is 495. The minimum Gasteiger partial charge on any atom is -0.223 e. The van der Waals surface area contributed by atoms with Gasteiger partial charge in [-0.25, -0.2) is 12.8 Å². The van der Waals surface area contributed by atoms with E-state index in [0.717, 1.165) is 18.2 Å². The van der Waals surface area contributed by atoms with E-state index in [-0.39, 0.29) is 4.47 Å². The van der Waals surface area contributed by atoms with Crippen molar-refractivity contribution in [3.05, 3.63) is 28.5 Å². The highest BCUT2D eigenvalue weighted by Crippen LogP contribution is 2.25. The van der Waals surface area contributed by atoms with Crippen LogP contribution < -0.4 is 0 Å². The van der Waals surface area contributed by atoms with Crippen LogP contribution in [0, 0.1) is 5.82 Å². The topological polar surface area (TPSA) is 34.1 Å². The minimum absolute atomic E-state index is 0.198. The maximum Gasteiger partial charge on any atom is 0.403 e. The maximum atomic E-state index is 12.8. The fourth-order valence-electron chi connectivity index (χ4n) is 0.969. The van der Waals surface area contributed by atoms with E-state index in [1.165, 1.54) is 0 Å². The fraction of sp³-hybridized carbons (Fsp3) is 0.250. The van der Waals surface area contributed by atoms with Gasteiger partial charge in [0, 0.05) is 0 Å². The predicted molar refractivity (Wildman–Crippen MR) is 52.2 cm³/mol. The quantitative estimate of drug-likeness (QED) is 0.620. The summed E-state index contributed by atoms with van der Waals surface area (Å²) in [7, 11) is -4.48. The molecular weight excluding hydrogens is 316 g/mol. The lowest BCUT2D eigenvalue weighted by atomic mass is 10.3. The van der Waals surface area contributed by atoms with Crippen LogP contribution in [-0.4, -0.2) is 20.3 Å². The summed E-state index contributed by atoms with van der Waals surface area (Å²) in [4.78, 5) is -0.571. The van der Waals surface area contributed by atoms with Crippen LogP contribution in [0.2, 0.25) is 0 Å². The van der Waals surface area contributed by atoms with Crippen LogP contribution in [0.25, 0.3) is 0 Å². The summed E-state index contributed by atoms with van der Waals surface area (Å²) in [6.07, 6.45) is -4.82. The molecule has 0 aliphatic rings. The van der Waals surface area contributed by atoms with E-state index in [1.807, 2.05) is 0 Å². The Kier molecular flexibility index (Phi) is 3.63. The molecule has 0 bridgehead atoms. The number of halogens is 5. The molecule has 16 heavy (non-hydrogen) atoms. The molecule has 1 rings (SSSR count). The molecule has 0 amide bonds. The molecule has 0 N–H and O–H groups in total. The number of benzene rings is 1. The van der Waals surface area contributed by atoms with Gasteiger partial charge in [0.25, 0.3) is 0 Å². The summed E-state index contributed by atoms with van der Waals surface area (Å²) in [5, 5.41) is 0. The van der Waals surface area contributed by atoms with E-state index in [0.29, 0.717) is 0 Å². The van der Waals surface area contributed by atoms with E-state index in [9.17, 15) is 26.0 Å². The Morgan fingerprint density at radius 3 is 2.25 bits per heavy atom. The zero-order chi connectivity index (χ0) is 12.6. The van der Waals surface area contributed by atoms with Crippen LogP contribution in [-0.2, 0) is 9.84 Å². The average Bonchev–Trinajstić information content (AvgIpc) is 2.05. The SMILES string of the molecule is O=S(=O)(CC(F)(F)F)c1ccc(F)c(Br)c1. The molecule has 0 unspecified atom stereocenters. The van der Waals surface area contributed by atoms with Gasteiger partial charge in [-0.1, -0.05) is 0 Å². The second-order valence-electron chi connectivity index (χ2n) is 2.95. The van der Waals surface area contributed by atoms with Crippen molar-refractivity contribution < 1.29 is 26.0 Å². The number of rotatable bonds is 2. The zero-order valence-electron chi connectivity index (χ0n) is 7.55. The van der Waals surface area contributed by atoms with Gasteiger partial charge in [0.2, 0.25) is 0 Å². The third-order valence-corrected chi connectivity index (χ3v) is 3.89. The summed E-state index contributed by atoms with van der Waals surface area (Å²) in [5.74, 6) is -2.70. The maximum absolute atomic E-state index is 12.8. The van der Waals surface area contributed by atoms with Crippen molar-refractivity contribution >= 4 is 25.8 Å². The first-order valence-corrected chi connectivity index (χ1v) is 6.31. The summed E-state index contributed by atoms with van der Waals surface area (Å²) >= 11 is 2.70. The average molecular weight is 321 g/mol. The Labute approximate surface area is 97.3 Å². The van der Waals surface area contributed by atoms with Gasteiger partial charge < -0.3 is 0 Å². The summed E-state index contributed by atoms with van der Waals surface area (Å²) in [6, 6.07) is 2.38. The lowest BCUT2D eigenvalue weighted by molar-refractivity contribution is -0.106. The predicted octanol–water partition coefficient (Wildman–Crippen LogP) is 2.92. The van der Waals surface area contributed by atoms with Crippen LogP contribution in [0.4, 0.5) is 17.6 Å². The van der Waals surface area contributed by atoms with Gasteiger partial charge >= 0.3 is 6.18 Å². The van der Waals surface area contributed by atoms with Crippen LogP contribution in [0.15, 0.2) is 27.6 Å². The second kappa shape index (κ2) is 4.33. The van der Waals surface area contributed by atoms with Crippen LogP contribution in [0.5, 0.6) is 0 Å². The number of alkyl halides is 3. The van der Waals surface area contributed by atoms with Crippen molar-refractivity contribution in [3.8, 4) is 0 Å². The second-order valence-corrected chi connectivity index (χ2v) is 5.79. The van der Waals surface area contributed by atoms with Gasteiger partial charge in [-0.05, 0) is 34.1 Å². The molecule has 0 heterocycles. The van der Waals surface area contributed by atoms with Gasteiger partial charge in [-0.3, -0.25) is 0 Å².